The average Bonchev–Trinajstić information content (AvgIpc) is 2.74. The molecule has 0 aromatic rings. The summed E-state index contributed by atoms with van der Waals surface area (Å²) in [6, 6.07) is 0.756. The van der Waals surface area contributed by atoms with Crippen LogP contribution in [0.2, 0.25) is 0 Å². The highest BCUT2D eigenvalue weighted by molar-refractivity contribution is 4.91. The molecule has 0 amide bonds. The van der Waals surface area contributed by atoms with Crippen molar-refractivity contribution in [3.05, 3.63) is 0 Å². The molecule has 2 saturated heterocycles. The zero-order valence-corrected chi connectivity index (χ0v) is 12.7. The summed E-state index contributed by atoms with van der Waals surface area (Å²) < 4.78 is 13.9. The first-order valence-corrected chi connectivity index (χ1v) is 7.99. The lowest BCUT2D eigenvalue weighted by molar-refractivity contribution is 0.00506. The lowest BCUT2D eigenvalue weighted by Crippen LogP contribution is -2.67. The van der Waals surface area contributed by atoms with Crippen molar-refractivity contribution in [3.8, 4) is 0 Å². The molecule has 6 heteroatoms. The van der Waals surface area contributed by atoms with Crippen LogP contribution in [0.4, 0.5) is 4.39 Å². The van der Waals surface area contributed by atoms with E-state index in [1.165, 1.54) is 0 Å². The third-order valence-corrected chi connectivity index (χ3v) is 4.91. The predicted molar refractivity (Wildman–Crippen MR) is 77.2 cm³/mol. The van der Waals surface area contributed by atoms with E-state index in [2.05, 4.69) is 40.2 Å². The van der Waals surface area contributed by atoms with Crippen LogP contribution in [0, 0.1) is 5.92 Å². The highest BCUT2D eigenvalue weighted by Crippen LogP contribution is 2.28. The molecular formula is C14H28FN5. The van der Waals surface area contributed by atoms with Gasteiger partial charge in [-0.15, -0.1) is 0 Å². The summed E-state index contributed by atoms with van der Waals surface area (Å²) in [6.45, 7) is 6.34. The highest BCUT2D eigenvalue weighted by atomic mass is 19.1. The molecule has 0 spiro atoms. The number of fused-ring (bicyclic) bond motifs is 1. The van der Waals surface area contributed by atoms with Gasteiger partial charge in [-0.25, -0.2) is 9.82 Å². The van der Waals surface area contributed by atoms with E-state index < -0.39 is 6.17 Å². The minimum absolute atomic E-state index is 0.162. The molecule has 0 radical (unpaired) electrons. The molecule has 4 N–H and O–H groups in total. The van der Waals surface area contributed by atoms with Gasteiger partial charge in [-0.1, -0.05) is 6.92 Å². The van der Waals surface area contributed by atoms with E-state index in [1.54, 1.807) is 0 Å². The summed E-state index contributed by atoms with van der Waals surface area (Å²) in [6.07, 6.45) is 3.80. The van der Waals surface area contributed by atoms with Crippen LogP contribution in [-0.4, -0.2) is 41.9 Å². The van der Waals surface area contributed by atoms with E-state index in [1.807, 2.05) is 6.92 Å². The van der Waals surface area contributed by atoms with E-state index in [9.17, 15) is 4.39 Å². The SMILES string of the molecule is CC1CC(NC2CCC(C)C(F)C2)N2NC(C)NC2N1. The van der Waals surface area contributed by atoms with E-state index in [4.69, 9.17) is 0 Å². The molecule has 20 heavy (non-hydrogen) atoms. The smallest absolute Gasteiger partial charge is 0.130 e. The van der Waals surface area contributed by atoms with Crippen molar-refractivity contribution >= 4 is 0 Å². The molecule has 2 heterocycles. The lowest BCUT2D eigenvalue weighted by atomic mass is 9.85. The van der Waals surface area contributed by atoms with Crippen LogP contribution in [0.3, 0.4) is 0 Å². The van der Waals surface area contributed by atoms with Gasteiger partial charge in [0.25, 0.3) is 0 Å². The fourth-order valence-electron chi connectivity index (χ4n) is 3.68. The Morgan fingerprint density at radius 2 is 1.90 bits per heavy atom. The number of rotatable bonds is 2. The second-order valence-corrected chi connectivity index (χ2v) is 6.82. The fourth-order valence-corrected chi connectivity index (χ4v) is 3.68. The van der Waals surface area contributed by atoms with Crippen molar-refractivity contribution in [1.29, 1.82) is 0 Å². The number of alkyl halides is 1. The zero-order valence-electron chi connectivity index (χ0n) is 12.7. The second-order valence-electron chi connectivity index (χ2n) is 6.82. The Morgan fingerprint density at radius 3 is 2.65 bits per heavy atom. The highest BCUT2D eigenvalue weighted by Gasteiger charge is 2.40. The Balaban J connectivity index is 1.61. The maximum Gasteiger partial charge on any atom is 0.130 e. The van der Waals surface area contributed by atoms with Crippen LogP contribution >= 0.6 is 0 Å². The van der Waals surface area contributed by atoms with Gasteiger partial charge in [-0.2, -0.15) is 5.01 Å². The molecule has 116 valence electrons. The first-order valence-electron chi connectivity index (χ1n) is 7.99. The number of nitrogens with one attached hydrogen (secondary N) is 4. The second kappa shape index (κ2) is 5.85. The maximum absolute atomic E-state index is 13.9. The molecule has 0 bridgehead atoms. The van der Waals surface area contributed by atoms with Crippen LogP contribution in [0.15, 0.2) is 0 Å². The normalized spacial score (nSPS) is 50.1. The van der Waals surface area contributed by atoms with Crippen LogP contribution < -0.4 is 21.4 Å². The number of nitrogens with zero attached hydrogens (tertiary/aromatic N) is 1. The fraction of sp³-hybridized carbons (Fsp3) is 1.00. The molecule has 2 aliphatic heterocycles. The van der Waals surface area contributed by atoms with E-state index in [-0.39, 0.29) is 24.5 Å². The van der Waals surface area contributed by atoms with Crippen LogP contribution in [0.25, 0.3) is 0 Å². The lowest BCUT2D eigenvalue weighted by Gasteiger charge is -2.43. The first kappa shape index (κ1) is 14.7. The van der Waals surface area contributed by atoms with Crippen LogP contribution in [-0.2, 0) is 0 Å². The molecule has 7 unspecified atom stereocenters. The van der Waals surface area contributed by atoms with E-state index >= 15 is 0 Å². The third kappa shape index (κ3) is 2.99. The van der Waals surface area contributed by atoms with Crippen molar-refractivity contribution in [2.24, 2.45) is 5.92 Å². The summed E-state index contributed by atoms with van der Waals surface area (Å²) >= 11 is 0. The van der Waals surface area contributed by atoms with Gasteiger partial charge in [0.1, 0.15) is 12.5 Å². The molecule has 7 atom stereocenters. The van der Waals surface area contributed by atoms with E-state index in [0.29, 0.717) is 18.5 Å². The third-order valence-electron chi connectivity index (χ3n) is 4.91. The van der Waals surface area contributed by atoms with Gasteiger partial charge >= 0.3 is 0 Å². The standard InChI is InChI=1S/C14H28FN5/c1-8-4-5-11(7-12(8)15)18-13-6-9(2)16-14-17-10(3)19-20(13)14/h8-14,16-19H,4-7H2,1-3H3. The van der Waals surface area contributed by atoms with Crippen molar-refractivity contribution in [3.63, 3.8) is 0 Å². The van der Waals surface area contributed by atoms with Gasteiger partial charge in [0.15, 0.2) is 0 Å². The molecule has 1 saturated carbocycles. The quantitative estimate of drug-likeness (QED) is 0.606. The molecule has 3 rings (SSSR count). The summed E-state index contributed by atoms with van der Waals surface area (Å²) in [5.74, 6) is 0.222. The summed E-state index contributed by atoms with van der Waals surface area (Å²) in [5.41, 5.74) is 3.44. The number of hydrogen-bond acceptors (Lipinski definition) is 5. The molecule has 3 fully saturated rings. The summed E-state index contributed by atoms with van der Waals surface area (Å²) in [7, 11) is 0. The van der Waals surface area contributed by atoms with Gasteiger partial charge in [0, 0.05) is 12.1 Å². The number of halogens is 1. The minimum Gasteiger partial charge on any atom is -0.298 e. The van der Waals surface area contributed by atoms with Gasteiger partial charge in [0.2, 0.25) is 0 Å². The molecule has 3 aliphatic rings. The van der Waals surface area contributed by atoms with Gasteiger partial charge < -0.3 is 0 Å². The summed E-state index contributed by atoms with van der Waals surface area (Å²) in [4.78, 5) is 0. The Hall–Kier alpha value is -0.270. The van der Waals surface area contributed by atoms with Crippen LogP contribution in [0.1, 0.15) is 46.5 Å². The molecule has 0 aromatic carbocycles. The van der Waals surface area contributed by atoms with Crippen molar-refractivity contribution in [1.82, 2.24) is 26.4 Å². The number of hydrogen-bond donors (Lipinski definition) is 4. The average molecular weight is 285 g/mol. The topological polar surface area (TPSA) is 51.4 Å². The van der Waals surface area contributed by atoms with Crippen LogP contribution in [0.5, 0.6) is 0 Å². The molecule has 5 nitrogen and oxygen atoms in total. The maximum atomic E-state index is 13.9. The van der Waals surface area contributed by atoms with Crippen molar-refractivity contribution < 1.29 is 4.39 Å². The van der Waals surface area contributed by atoms with E-state index in [0.717, 1.165) is 19.3 Å². The number of hydrazine groups is 1. The first-order chi connectivity index (χ1) is 9.52. The Bertz CT molecular complexity index is 342. The Labute approximate surface area is 121 Å². The van der Waals surface area contributed by atoms with Crippen molar-refractivity contribution in [2.75, 3.05) is 0 Å². The molecular weight excluding hydrogens is 257 g/mol. The largest absolute Gasteiger partial charge is 0.298 e. The van der Waals surface area contributed by atoms with Gasteiger partial charge in [0.05, 0.1) is 12.3 Å². The monoisotopic (exact) mass is 285 g/mol. The zero-order chi connectivity index (χ0) is 14.3. The van der Waals surface area contributed by atoms with Gasteiger partial charge in [-0.05, 0) is 45.4 Å². The van der Waals surface area contributed by atoms with Gasteiger partial charge in [-0.3, -0.25) is 16.0 Å². The summed E-state index contributed by atoms with van der Waals surface area (Å²) in [5, 5.41) is 12.9. The Kier molecular flexibility index (Phi) is 4.29. The predicted octanol–water partition coefficient (Wildman–Crippen LogP) is 0.850. The molecule has 1 aliphatic carbocycles. The molecule has 0 aromatic heterocycles. The minimum atomic E-state index is -0.653. The Morgan fingerprint density at radius 1 is 1.10 bits per heavy atom. The van der Waals surface area contributed by atoms with Crippen molar-refractivity contribution in [2.45, 2.75) is 83.3 Å².